The maximum atomic E-state index is 14.0. The zero-order valence-corrected chi connectivity index (χ0v) is 15.0. The van der Waals surface area contributed by atoms with Crippen molar-refractivity contribution in [2.24, 2.45) is 4.99 Å². The molecule has 132 valence electrons. The summed E-state index contributed by atoms with van der Waals surface area (Å²) < 4.78 is 33.8. The number of hydrogen-bond donors (Lipinski definition) is 0. The van der Waals surface area contributed by atoms with Gasteiger partial charge in [-0.1, -0.05) is 26.2 Å². The van der Waals surface area contributed by atoms with Crippen molar-refractivity contribution in [2.45, 2.75) is 70.3 Å². The molecule has 0 saturated heterocycles. The molecule has 1 saturated carbocycles. The van der Waals surface area contributed by atoms with E-state index in [1.54, 1.807) is 0 Å². The van der Waals surface area contributed by atoms with E-state index in [1.807, 2.05) is 5.16 Å². The van der Waals surface area contributed by atoms with E-state index < -0.39 is 11.6 Å². The zero-order chi connectivity index (χ0) is 17.4. The van der Waals surface area contributed by atoms with Gasteiger partial charge in [-0.15, -0.1) is 0 Å². The van der Waals surface area contributed by atoms with E-state index in [0.29, 0.717) is 5.56 Å². The normalized spacial score (nSPS) is 20.6. The molecule has 0 amide bonds. The summed E-state index contributed by atoms with van der Waals surface area (Å²) in [4.78, 5) is 3.45. The zero-order valence-electron chi connectivity index (χ0n) is 14.2. The Morgan fingerprint density at radius 1 is 1.12 bits per heavy atom. The van der Waals surface area contributed by atoms with Crippen molar-refractivity contribution in [2.75, 3.05) is 6.61 Å². The highest BCUT2D eigenvalue weighted by molar-refractivity contribution is 7.78. The minimum atomic E-state index is -0.670. The van der Waals surface area contributed by atoms with Gasteiger partial charge >= 0.3 is 0 Å². The number of isothiocyanates is 1. The first-order chi connectivity index (χ1) is 11.7. The summed E-state index contributed by atoms with van der Waals surface area (Å²) in [5, 5.41) is 2.01. The molecule has 0 aromatic heterocycles. The molecular formula is C19H25F2NOS. The van der Waals surface area contributed by atoms with Crippen molar-refractivity contribution in [1.82, 2.24) is 0 Å². The number of nitrogens with zero attached hydrogens (tertiary/aromatic N) is 1. The van der Waals surface area contributed by atoms with Gasteiger partial charge in [-0.25, -0.2) is 8.78 Å². The van der Waals surface area contributed by atoms with Crippen LogP contribution in [-0.4, -0.2) is 17.9 Å². The van der Waals surface area contributed by atoms with Crippen molar-refractivity contribution in [3.8, 4) is 0 Å². The van der Waals surface area contributed by atoms with E-state index in [0.717, 1.165) is 38.7 Å². The molecule has 0 unspecified atom stereocenters. The van der Waals surface area contributed by atoms with E-state index >= 15 is 0 Å². The fourth-order valence-electron chi connectivity index (χ4n) is 3.31. The topological polar surface area (TPSA) is 21.6 Å². The Bertz CT molecular complexity index is 556. The molecule has 1 aliphatic rings. The number of hydrogen-bond acceptors (Lipinski definition) is 3. The van der Waals surface area contributed by atoms with Gasteiger partial charge in [-0.3, -0.25) is 0 Å². The lowest BCUT2D eigenvalue weighted by molar-refractivity contribution is 0.0226. The van der Waals surface area contributed by atoms with Gasteiger partial charge in [0, 0.05) is 6.61 Å². The van der Waals surface area contributed by atoms with Crippen LogP contribution in [0.5, 0.6) is 0 Å². The minimum Gasteiger partial charge on any atom is -0.378 e. The smallest absolute Gasteiger partial charge is 0.152 e. The number of aliphatic imine (C=N–C) groups is 1. The second kappa shape index (κ2) is 9.97. The third-order valence-electron chi connectivity index (χ3n) is 4.69. The average molecular weight is 353 g/mol. The van der Waals surface area contributed by atoms with Crippen LogP contribution in [0.2, 0.25) is 0 Å². The van der Waals surface area contributed by atoms with Crippen molar-refractivity contribution in [1.29, 1.82) is 0 Å². The first-order valence-electron chi connectivity index (χ1n) is 8.84. The molecule has 0 atom stereocenters. The lowest BCUT2D eigenvalue weighted by atomic mass is 9.82. The van der Waals surface area contributed by atoms with Crippen LogP contribution in [0.1, 0.15) is 69.8 Å². The summed E-state index contributed by atoms with van der Waals surface area (Å²) in [6.45, 7) is 3.02. The van der Waals surface area contributed by atoms with Crippen LogP contribution >= 0.6 is 12.2 Å². The third kappa shape index (κ3) is 5.44. The van der Waals surface area contributed by atoms with Crippen LogP contribution in [0.4, 0.5) is 14.5 Å². The van der Waals surface area contributed by atoms with Crippen molar-refractivity contribution < 1.29 is 13.5 Å². The first-order valence-corrected chi connectivity index (χ1v) is 9.25. The highest BCUT2D eigenvalue weighted by atomic mass is 32.1. The highest BCUT2D eigenvalue weighted by Gasteiger charge is 2.24. The number of benzene rings is 1. The Morgan fingerprint density at radius 3 is 2.38 bits per heavy atom. The maximum absolute atomic E-state index is 14.0. The molecule has 2 nitrogen and oxygen atoms in total. The van der Waals surface area contributed by atoms with E-state index in [4.69, 9.17) is 4.74 Å². The predicted molar refractivity (Wildman–Crippen MR) is 96.1 cm³/mol. The van der Waals surface area contributed by atoms with Gasteiger partial charge in [-0.05, 0) is 67.9 Å². The summed E-state index contributed by atoms with van der Waals surface area (Å²) in [6, 6.07) is 2.76. The Labute approximate surface area is 148 Å². The van der Waals surface area contributed by atoms with Gasteiger partial charge in [0.1, 0.15) is 5.69 Å². The van der Waals surface area contributed by atoms with E-state index in [1.165, 1.54) is 31.4 Å². The average Bonchev–Trinajstić information content (AvgIpc) is 2.58. The number of unbranched alkanes of at least 4 members (excludes halogenated alkanes) is 3. The molecule has 1 aliphatic carbocycles. The molecule has 0 spiro atoms. The SMILES string of the molecule is CCCCCCOC1CCC(c2cc(F)c(N=C=S)c(F)c2)CC1. The minimum absolute atomic E-state index is 0.180. The molecule has 1 aromatic rings. The Morgan fingerprint density at radius 2 is 1.79 bits per heavy atom. The Kier molecular flexibility index (Phi) is 7.97. The van der Waals surface area contributed by atoms with Crippen LogP contribution in [0.15, 0.2) is 17.1 Å². The van der Waals surface area contributed by atoms with Crippen molar-refractivity contribution >= 4 is 23.1 Å². The van der Waals surface area contributed by atoms with E-state index in [9.17, 15) is 8.78 Å². The van der Waals surface area contributed by atoms with Gasteiger partial charge in [0.2, 0.25) is 0 Å². The number of halogens is 2. The quantitative estimate of drug-likeness (QED) is 0.310. The predicted octanol–water partition coefficient (Wildman–Crippen LogP) is 6.32. The Hall–Kier alpha value is -1.16. The second-order valence-corrected chi connectivity index (χ2v) is 6.62. The fraction of sp³-hybridized carbons (Fsp3) is 0.632. The highest BCUT2D eigenvalue weighted by Crippen LogP contribution is 2.36. The third-order valence-corrected chi connectivity index (χ3v) is 4.79. The fourth-order valence-corrected chi connectivity index (χ4v) is 3.41. The van der Waals surface area contributed by atoms with Crippen LogP contribution in [0.3, 0.4) is 0 Å². The molecular weight excluding hydrogens is 328 g/mol. The van der Waals surface area contributed by atoms with Gasteiger partial charge < -0.3 is 4.74 Å². The van der Waals surface area contributed by atoms with Crippen molar-refractivity contribution in [3.05, 3.63) is 29.3 Å². The maximum Gasteiger partial charge on any atom is 0.152 e. The molecule has 1 aromatic carbocycles. The summed E-state index contributed by atoms with van der Waals surface area (Å²) in [7, 11) is 0. The summed E-state index contributed by atoms with van der Waals surface area (Å²) >= 11 is 4.42. The van der Waals surface area contributed by atoms with Gasteiger partial charge in [-0.2, -0.15) is 4.99 Å². The van der Waals surface area contributed by atoms with Crippen LogP contribution < -0.4 is 0 Å². The molecule has 2 rings (SSSR count). The molecule has 5 heteroatoms. The molecule has 0 radical (unpaired) electrons. The van der Waals surface area contributed by atoms with E-state index in [2.05, 4.69) is 24.1 Å². The Balaban J connectivity index is 1.85. The van der Waals surface area contributed by atoms with Gasteiger partial charge in [0.25, 0.3) is 0 Å². The van der Waals surface area contributed by atoms with E-state index in [-0.39, 0.29) is 17.7 Å². The molecule has 0 heterocycles. The van der Waals surface area contributed by atoms with Gasteiger partial charge in [0.15, 0.2) is 11.6 Å². The molecule has 24 heavy (non-hydrogen) atoms. The van der Waals surface area contributed by atoms with Crippen molar-refractivity contribution in [3.63, 3.8) is 0 Å². The first kappa shape index (κ1) is 19.2. The number of rotatable bonds is 8. The second-order valence-electron chi connectivity index (χ2n) is 6.44. The van der Waals surface area contributed by atoms with Crippen LogP contribution in [-0.2, 0) is 4.74 Å². The monoisotopic (exact) mass is 353 g/mol. The summed E-state index contributed by atoms with van der Waals surface area (Å²) in [5.74, 6) is -1.16. The molecule has 1 fully saturated rings. The summed E-state index contributed by atoms with van der Waals surface area (Å²) in [6.07, 6.45) is 8.80. The molecule has 0 bridgehead atoms. The van der Waals surface area contributed by atoms with Crippen LogP contribution in [0, 0.1) is 11.6 Å². The molecule has 0 N–H and O–H groups in total. The van der Waals surface area contributed by atoms with Crippen LogP contribution in [0.25, 0.3) is 0 Å². The largest absolute Gasteiger partial charge is 0.378 e. The standard InChI is InChI=1S/C19H25F2NOS/c1-2-3-4-5-10-23-16-8-6-14(7-9-16)15-11-17(20)19(22-13-24)18(21)12-15/h11-12,14,16H,2-10H2,1H3. The lowest BCUT2D eigenvalue weighted by Gasteiger charge is -2.29. The lowest BCUT2D eigenvalue weighted by Crippen LogP contribution is -2.21. The summed E-state index contributed by atoms with van der Waals surface area (Å²) in [5.41, 5.74) is 0.354. The molecule has 0 aliphatic heterocycles. The number of ether oxygens (including phenoxy) is 1. The van der Waals surface area contributed by atoms with Gasteiger partial charge in [0.05, 0.1) is 11.3 Å². The number of thiocarbonyl (C=S) groups is 1.